The predicted molar refractivity (Wildman–Crippen MR) is 51.6 cm³/mol. The van der Waals surface area contributed by atoms with Crippen molar-refractivity contribution in [3.8, 4) is 6.07 Å². The van der Waals surface area contributed by atoms with E-state index in [-0.39, 0.29) is 6.54 Å². The van der Waals surface area contributed by atoms with Crippen LogP contribution in [-0.4, -0.2) is 17.6 Å². The zero-order valence-electron chi connectivity index (χ0n) is 7.74. The van der Waals surface area contributed by atoms with Gasteiger partial charge in [0.05, 0.1) is 6.07 Å². The van der Waals surface area contributed by atoms with Crippen LogP contribution in [0.1, 0.15) is 5.56 Å². The monoisotopic (exact) mass is 190 g/mol. The van der Waals surface area contributed by atoms with Gasteiger partial charge in [0.1, 0.15) is 12.4 Å². The Labute approximate surface area is 81.8 Å². The lowest BCUT2D eigenvalue weighted by Crippen LogP contribution is -2.29. The summed E-state index contributed by atoms with van der Waals surface area (Å²) in [5.74, 6) is 0.464. The number of nitrogens with one attached hydrogen (secondary N) is 2. The second-order valence-electron chi connectivity index (χ2n) is 2.69. The SMILES string of the molecule is Cc1ccc(NC(=O)NCC#N)nc1. The average Bonchev–Trinajstić information content (AvgIpc) is 2.18. The van der Waals surface area contributed by atoms with E-state index in [9.17, 15) is 4.79 Å². The van der Waals surface area contributed by atoms with Crippen LogP contribution in [0.5, 0.6) is 0 Å². The van der Waals surface area contributed by atoms with Crippen LogP contribution in [0.2, 0.25) is 0 Å². The topological polar surface area (TPSA) is 77.8 Å². The average molecular weight is 190 g/mol. The van der Waals surface area contributed by atoms with Crippen molar-refractivity contribution in [1.82, 2.24) is 10.3 Å². The van der Waals surface area contributed by atoms with Crippen molar-refractivity contribution in [2.45, 2.75) is 6.92 Å². The minimum absolute atomic E-state index is 0.0162. The summed E-state index contributed by atoms with van der Waals surface area (Å²) in [5, 5.41) is 13.0. The Morgan fingerprint density at radius 2 is 2.43 bits per heavy atom. The number of nitrogens with zero attached hydrogens (tertiary/aromatic N) is 2. The summed E-state index contributed by atoms with van der Waals surface area (Å²) in [5.41, 5.74) is 1.02. The molecule has 0 aliphatic heterocycles. The molecule has 0 aliphatic carbocycles. The number of carbonyl (C=O) groups is 1. The first-order valence-corrected chi connectivity index (χ1v) is 4.07. The van der Waals surface area contributed by atoms with Gasteiger partial charge in [-0.2, -0.15) is 5.26 Å². The predicted octanol–water partition coefficient (Wildman–Crippen LogP) is 1.04. The van der Waals surface area contributed by atoms with Gasteiger partial charge in [-0.15, -0.1) is 0 Å². The summed E-state index contributed by atoms with van der Waals surface area (Å²) >= 11 is 0. The van der Waals surface area contributed by atoms with Crippen LogP contribution >= 0.6 is 0 Å². The van der Waals surface area contributed by atoms with E-state index in [4.69, 9.17) is 5.26 Å². The fraction of sp³-hybridized carbons (Fsp3) is 0.222. The molecule has 5 nitrogen and oxygen atoms in total. The first kappa shape index (κ1) is 9.99. The molecule has 2 N–H and O–H groups in total. The lowest BCUT2D eigenvalue weighted by Gasteiger charge is -2.03. The summed E-state index contributed by atoms with van der Waals surface area (Å²) < 4.78 is 0. The van der Waals surface area contributed by atoms with Crippen LogP contribution < -0.4 is 10.6 Å². The van der Waals surface area contributed by atoms with Crippen LogP contribution in [0.15, 0.2) is 18.3 Å². The van der Waals surface area contributed by atoms with Gasteiger partial charge in [-0.05, 0) is 18.6 Å². The zero-order chi connectivity index (χ0) is 10.4. The van der Waals surface area contributed by atoms with E-state index in [2.05, 4.69) is 15.6 Å². The van der Waals surface area contributed by atoms with Crippen LogP contribution in [0, 0.1) is 18.3 Å². The van der Waals surface area contributed by atoms with Crippen LogP contribution in [0.25, 0.3) is 0 Å². The molecule has 0 aliphatic rings. The smallest absolute Gasteiger partial charge is 0.321 e. The van der Waals surface area contributed by atoms with Gasteiger partial charge < -0.3 is 5.32 Å². The molecule has 1 aromatic heterocycles. The Hall–Kier alpha value is -2.09. The summed E-state index contributed by atoms with van der Waals surface area (Å²) in [6.07, 6.45) is 1.65. The third-order valence-corrected chi connectivity index (χ3v) is 1.48. The second kappa shape index (κ2) is 4.82. The van der Waals surface area contributed by atoms with Crippen molar-refractivity contribution in [1.29, 1.82) is 5.26 Å². The van der Waals surface area contributed by atoms with E-state index < -0.39 is 6.03 Å². The number of aromatic nitrogens is 1. The minimum atomic E-state index is -0.428. The van der Waals surface area contributed by atoms with E-state index in [0.29, 0.717) is 5.82 Å². The van der Waals surface area contributed by atoms with Crippen molar-refractivity contribution in [2.75, 3.05) is 11.9 Å². The zero-order valence-corrected chi connectivity index (χ0v) is 7.74. The van der Waals surface area contributed by atoms with Crippen LogP contribution in [0.4, 0.5) is 10.6 Å². The largest absolute Gasteiger partial charge is 0.325 e. The van der Waals surface area contributed by atoms with Crippen molar-refractivity contribution in [3.05, 3.63) is 23.9 Å². The third kappa shape index (κ3) is 3.11. The standard InChI is InChI=1S/C9H10N4O/c1-7-2-3-8(12-6-7)13-9(14)11-5-4-10/h2-3,6H,5H2,1H3,(H2,11,12,13,14). The molecule has 1 heterocycles. The van der Waals surface area contributed by atoms with Gasteiger partial charge in [-0.25, -0.2) is 9.78 Å². The molecule has 0 aromatic carbocycles. The molecule has 14 heavy (non-hydrogen) atoms. The van der Waals surface area contributed by atoms with Crippen LogP contribution in [0.3, 0.4) is 0 Å². The van der Waals surface area contributed by atoms with Gasteiger partial charge in [-0.3, -0.25) is 5.32 Å². The molecule has 0 unspecified atom stereocenters. The lowest BCUT2D eigenvalue weighted by molar-refractivity contribution is 0.253. The van der Waals surface area contributed by atoms with Crippen LogP contribution in [-0.2, 0) is 0 Å². The highest BCUT2D eigenvalue weighted by Crippen LogP contribution is 2.02. The molecule has 2 amide bonds. The number of hydrogen-bond donors (Lipinski definition) is 2. The number of amides is 2. The first-order valence-electron chi connectivity index (χ1n) is 4.07. The van der Waals surface area contributed by atoms with Crippen molar-refractivity contribution >= 4 is 11.8 Å². The van der Waals surface area contributed by atoms with Crippen molar-refractivity contribution in [3.63, 3.8) is 0 Å². The highest BCUT2D eigenvalue weighted by molar-refractivity contribution is 5.88. The molecule has 0 spiro atoms. The van der Waals surface area contributed by atoms with Gasteiger partial charge in [0, 0.05) is 6.20 Å². The molecule has 72 valence electrons. The van der Waals surface area contributed by atoms with Gasteiger partial charge in [0.2, 0.25) is 0 Å². The Morgan fingerprint density at radius 1 is 1.64 bits per heavy atom. The number of rotatable bonds is 2. The van der Waals surface area contributed by atoms with E-state index in [1.54, 1.807) is 18.3 Å². The molecule has 0 saturated carbocycles. The summed E-state index contributed by atoms with van der Waals surface area (Å²) in [7, 11) is 0. The molecule has 0 fully saturated rings. The Balaban J connectivity index is 2.49. The maximum absolute atomic E-state index is 11.0. The fourth-order valence-electron chi connectivity index (χ4n) is 0.822. The second-order valence-corrected chi connectivity index (χ2v) is 2.69. The maximum atomic E-state index is 11.0. The molecular weight excluding hydrogens is 180 g/mol. The molecule has 0 radical (unpaired) electrons. The first-order chi connectivity index (χ1) is 6.72. The Kier molecular flexibility index (Phi) is 3.44. The summed E-state index contributed by atoms with van der Waals surface area (Å²) in [6.45, 7) is 1.89. The maximum Gasteiger partial charge on any atom is 0.321 e. The van der Waals surface area contributed by atoms with E-state index in [1.807, 2.05) is 13.0 Å². The molecular formula is C9H10N4O. The number of urea groups is 1. The number of pyridine rings is 1. The van der Waals surface area contributed by atoms with E-state index >= 15 is 0 Å². The van der Waals surface area contributed by atoms with Crippen molar-refractivity contribution in [2.24, 2.45) is 0 Å². The summed E-state index contributed by atoms with van der Waals surface area (Å²) in [6, 6.07) is 4.91. The van der Waals surface area contributed by atoms with E-state index in [0.717, 1.165) is 5.56 Å². The number of carbonyl (C=O) groups excluding carboxylic acids is 1. The minimum Gasteiger partial charge on any atom is -0.325 e. The lowest BCUT2D eigenvalue weighted by atomic mass is 10.3. The molecule has 0 atom stereocenters. The summed E-state index contributed by atoms with van der Waals surface area (Å²) in [4.78, 5) is 15.0. The molecule has 0 bridgehead atoms. The number of anilines is 1. The van der Waals surface area contributed by atoms with Crippen molar-refractivity contribution < 1.29 is 4.79 Å². The molecule has 1 rings (SSSR count). The van der Waals surface area contributed by atoms with E-state index in [1.165, 1.54) is 0 Å². The number of aryl methyl sites for hydroxylation is 1. The quantitative estimate of drug-likeness (QED) is 0.684. The Morgan fingerprint density at radius 3 is 3.00 bits per heavy atom. The number of nitriles is 1. The van der Waals surface area contributed by atoms with Gasteiger partial charge in [0.15, 0.2) is 0 Å². The Bertz CT molecular complexity index is 352. The fourth-order valence-corrected chi connectivity index (χ4v) is 0.822. The van der Waals surface area contributed by atoms with Gasteiger partial charge in [0.25, 0.3) is 0 Å². The molecule has 0 saturated heterocycles. The number of hydrogen-bond acceptors (Lipinski definition) is 3. The normalized spacial score (nSPS) is 8.86. The molecule has 5 heteroatoms. The molecule has 1 aromatic rings. The van der Waals surface area contributed by atoms with Gasteiger partial charge >= 0.3 is 6.03 Å². The van der Waals surface area contributed by atoms with Gasteiger partial charge in [-0.1, -0.05) is 6.07 Å². The third-order valence-electron chi connectivity index (χ3n) is 1.48. The highest BCUT2D eigenvalue weighted by atomic mass is 16.2. The highest BCUT2D eigenvalue weighted by Gasteiger charge is 1.99.